The van der Waals surface area contributed by atoms with Crippen molar-refractivity contribution >= 4 is 11.6 Å². The predicted octanol–water partition coefficient (Wildman–Crippen LogP) is 3.97. The van der Waals surface area contributed by atoms with Crippen molar-refractivity contribution in [1.29, 1.82) is 0 Å². The summed E-state index contributed by atoms with van der Waals surface area (Å²) >= 11 is 0. The molecule has 1 saturated carbocycles. The van der Waals surface area contributed by atoms with Crippen LogP contribution in [0.3, 0.4) is 0 Å². The highest BCUT2D eigenvalue weighted by atomic mass is 16.5. The van der Waals surface area contributed by atoms with Crippen LogP contribution in [0.5, 0.6) is 0 Å². The van der Waals surface area contributed by atoms with Crippen molar-refractivity contribution in [3.8, 4) is 0 Å². The van der Waals surface area contributed by atoms with Gasteiger partial charge in [-0.05, 0) is 30.9 Å². The van der Waals surface area contributed by atoms with Crippen molar-refractivity contribution in [1.82, 2.24) is 0 Å². The number of nitrogens with one attached hydrogen (secondary N) is 1. The first-order valence-corrected chi connectivity index (χ1v) is 7.51. The van der Waals surface area contributed by atoms with Crippen LogP contribution in [0, 0.1) is 5.92 Å². The van der Waals surface area contributed by atoms with Crippen LogP contribution in [0.4, 0.5) is 5.69 Å². The van der Waals surface area contributed by atoms with Crippen LogP contribution < -0.4 is 5.32 Å². The standard InChI is InChI=1S/C17H22N2O/c1-12-16(13-8-4-3-5-9-13)19-17(20-12)14-10-6-7-11-15(14)18-2/h6-7,10-11,13,16,18H,1,3-5,8-9H2,2H3. The van der Waals surface area contributed by atoms with E-state index < -0.39 is 0 Å². The molecule has 3 rings (SSSR count). The van der Waals surface area contributed by atoms with Gasteiger partial charge in [0.1, 0.15) is 11.8 Å². The maximum absolute atomic E-state index is 5.87. The number of rotatable bonds is 3. The van der Waals surface area contributed by atoms with E-state index in [0.717, 1.165) is 22.9 Å². The molecule has 1 atom stereocenters. The Balaban J connectivity index is 1.85. The molecule has 1 unspecified atom stereocenters. The first-order valence-electron chi connectivity index (χ1n) is 7.51. The fraction of sp³-hybridized carbons (Fsp3) is 0.471. The molecular weight excluding hydrogens is 248 g/mol. The van der Waals surface area contributed by atoms with Gasteiger partial charge in [0.2, 0.25) is 5.90 Å². The second kappa shape index (κ2) is 5.70. The van der Waals surface area contributed by atoms with Gasteiger partial charge < -0.3 is 10.1 Å². The van der Waals surface area contributed by atoms with Crippen LogP contribution in [0.25, 0.3) is 0 Å². The average Bonchev–Trinajstić information content (AvgIpc) is 2.90. The van der Waals surface area contributed by atoms with Crippen LogP contribution in [-0.2, 0) is 4.74 Å². The van der Waals surface area contributed by atoms with E-state index in [-0.39, 0.29) is 6.04 Å². The summed E-state index contributed by atoms with van der Waals surface area (Å²) in [5, 5.41) is 3.19. The molecule has 0 amide bonds. The van der Waals surface area contributed by atoms with Crippen molar-refractivity contribution < 1.29 is 4.74 Å². The molecule has 0 bridgehead atoms. The van der Waals surface area contributed by atoms with Gasteiger partial charge >= 0.3 is 0 Å². The molecule has 0 radical (unpaired) electrons. The molecule has 1 aliphatic carbocycles. The Morgan fingerprint density at radius 1 is 1.20 bits per heavy atom. The lowest BCUT2D eigenvalue weighted by Gasteiger charge is -2.24. The molecule has 0 aromatic heterocycles. The smallest absolute Gasteiger partial charge is 0.224 e. The zero-order valence-corrected chi connectivity index (χ0v) is 12.1. The normalized spacial score (nSPS) is 23.4. The van der Waals surface area contributed by atoms with Gasteiger partial charge in [-0.1, -0.05) is 38.0 Å². The minimum atomic E-state index is 0.148. The quantitative estimate of drug-likeness (QED) is 0.901. The van der Waals surface area contributed by atoms with E-state index in [9.17, 15) is 0 Å². The molecule has 1 aromatic rings. The van der Waals surface area contributed by atoms with Gasteiger partial charge in [-0.25, -0.2) is 4.99 Å². The Morgan fingerprint density at radius 2 is 1.95 bits per heavy atom. The molecule has 0 spiro atoms. The van der Waals surface area contributed by atoms with Crippen LogP contribution in [0.1, 0.15) is 37.7 Å². The number of hydrogen-bond donors (Lipinski definition) is 1. The molecular formula is C17H22N2O. The van der Waals surface area contributed by atoms with Crippen LogP contribution in [0.15, 0.2) is 41.6 Å². The molecule has 3 heteroatoms. The first-order chi connectivity index (χ1) is 9.79. The molecule has 106 valence electrons. The van der Waals surface area contributed by atoms with Crippen molar-refractivity contribution in [3.05, 3.63) is 42.2 Å². The number of para-hydroxylation sites is 1. The SMILES string of the molecule is C=C1OC(c2ccccc2NC)=NC1C1CCCCC1. The van der Waals surface area contributed by atoms with Gasteiger partial charge in [0.05, 0.1) is 5.56 Å². The lowest BCUT2D eigenvalue weighted by Crippen LogP contribution is -2.20. The summed E-state index contributed by atoms with van der Waals surface area (Å²) in [6.07, 6.45) is 6.48. The zero-order valence-electron chi connectivity index (χ0n) is 12.1. The van der Waals surface area contributed by atoms with Gasteiger partial charge in [0.15, 0.2) is 0 Å². The summed E-state index contributed by atoms with van der Waals surface area (Å²) in [6.45, 7) is 4.08. The number of hydrogen-bond acceptors (Lipinski definition) is 3. The molecule has 20 heavy (non-hydrogen) atoms. The van der Waals surface area contributed by atoms with E-state index in [0.29, 0.717) is 5.92 Å². The van der Waals surface area contributed by atoms with Crippen molar-refractivity contribution in [2.75, 3.05) is 12.4 Å². The van der Waals surface area contributed by atoms with E-state index in [1.807, 2.05) is 31.3 Å². The third-order valence-corrected chi connectivity index (χ3v) is 4.34. The Morgan fingerprint density at radius 3 is 2.70 bits per heavy atom. The highest BCUT2D eigenvalue weighted by Gasteiger charge is 2.33. The van der Waals surface area contributed by atoms with E-state index in [1.165, 1.54) is 32.1 Å². The van der Waals surface area contributed by atoms with E-state index >= 15 is 0 Å². The van der Waals surface area contributed by atoms with Crippen LogP contribution >= 0.6 is 0 Å². The highest BCUT2D eigenvalue weighted by molar-refractivity contribution is 6.01. The Kier molecular flexibility index (Phi) is 3.77. The molecule has 1 aliphatic heterocycles. The maximum atomic E-state index is 5.87. The van der Waals surface area contributed by atoms with Gasteiger partial charge in [0, 0.05) is 12.7 Å². The Hall–Kier alpha value is -1.77. The summed E-state index contributed by atoms with van der Waals surface area (Å²) in [4.78, 5) is 4.83. The van der Waals surface area contributed by atoms with Gasteiger partial charge in [-0.3, -0.25) is 0 Å². The van der Waals surface area contributed by atoms with Gasteiger partial charge in [-0.2, -0.15) is 0 Å². The second-order valence-electron chi connectivity index (χ2n) is 5.64. The van der Waals surface area contributed by atoms with Crippen LogP contribution in [-0.4, -0.2) is 19.0 Å². The second-order valence-corrected chi connectivity index (χ2v) is 5.64. The molecule has 1 N–H and O–H groups in total. The molecule has 2 aliphatic rings. The minimum Gasteiger partial charge on any atom is -0.441 e. The first kappa shape index (κ1) is 13.2. The summed E-state index contributed by atoms with van der Waals surface area (Å²) in [5.41, 5.74) is 2.07. The van der Waals surface area contributed by atoms with Crippen molar-refractivity contribution in [2.24, 2.45) is 10.9 Å². The van der Waals surface area contributed by atoms with Gasteiger partial charge in [0.25, 0.3) is 0 Å². The number of ether oxygens (including phenoxy) is 1. The number of anilines is 1. The van der Waals surface area contributed by atoms with Crippen molar-refractivity contribution in [3.63, 3.8) is 0 Å². The maximum Gasteiger partial charge on any atom is 0.224 e. The van der Waals surface area contributed by atoms with Crippen molar-refractivity contribution in [2.45, 2.75) is 38.1 Å². The third kappa shape index (κ3) is 2.45. The predicted molar refractivity (Wildman–Crippen MR) is 83.1 cm³/mol. The zero-order chi connectivity index (χ0) is 13.9. The van der Waals surface area contributed by atoms with Crippen LogP contribution in [0.2, 0.25) is 0 Å². The molecule has 1 aromatic carbocycles. The molecule has 1 fully saturated rings. The van der Waals surface area contributed by atoms with Gasteiger partial charge in [-0.15, -0.1) is 0 Å². The number of aliphatic imine (C=N–C) groups is 1. The summed E-state index contributed by atoms with van der Waals surface area (Å²) in [5.74, 6) is 2.14. The minimum absolute atomic E-state index is 0.148. The molecule has 1 heterocycles. The summed E-state index contributed by atoms with van der Waals surface area (Å²) < 4.78 is 5.87. The topological polar surface area (TPSA) is 33.6 Å². The number of benzene rings is 1. The molecule has 3 nitrogen and oxygen atoms in total. The average molecular weight is 270 g/mol. The summed E-state index contributed by atoms with van der Waals surface area (Å²) in [6, 6.07) is 8.26. The lowest BCUT2D eigenvalue weighted by molar-refractivity contribution is 0.297. The summed E-state index contributed by atoms with van der Waals surface area (Å²) in [7, 11) is 1.92. The Bertz CT molecular complexity index is 530. The fourth-order valence-corrected chi connectivity index (χ4v) is 3.24. The monoisotopic (exact) mass is 270 g/mol. The van der Waals surface area contributed by atoms with E-state index in [1.54, 1.807) is 0 Å². The fourth-order valence-electron chi connectivity index (χ4n) is 3.24. The lowest BCUT2D eigenvalue weighted by atomic mass is 9.84. The third-order valence-electron chi connectivity index (χ3n) is 4.34. The largest absolute Gasteiger partial charge is 0.441 e. The van der Waals surface area contributed by atoms with E-state index in [4.69, 9.17) is 9.73 Å². The highest BCUT2D eigenvalue weighted by Crippen LogP contribution is 2.35. The number of nitrogens with zero attached hydrogens (tertiary/aromatic N) is 1. The Labute approximate surface area is 120 Å². The van der Waals surface area contributed by atoms with E-state index in [2.05, 4.69) is 11.9 Å². The molecule has 0 saturated heterocycles.